The van der Waals surface area contributed by atoms with Gasteiger partial charge in [-0.05, 0) is 26.3 Å². The third kappa shape index (κ3) is 8.64. The summed E-state index contributed by atoms with van der Waals surface area (Å²) in [5.74, 6) is -0.0360. The molecule has 0 aromatic heterocycles. The largest absolute Gasteiger partial charge is 0.388 e. The fourth-order valence-corrected chi connectivity index (χ4v) is 1.22. The third-order valence-corrected chi connectivity index (χ3v) is 2.37. The molecule has 5 heteroatoms. The number of ether oxygens (including phenoxy) is 1. The number of aliphatic hydroxyl groups is 1. The van der Waals surface area contributed by atoms with Gasteiger partial charge in [-0.1, -0.05) is 0 Å². The molecule has 0 aliphatic heterocycles. The van der Waals surface area contributed by atoms with Crippen molar-refractivity contribution in [2.24, 2.45) is 5.73 Å². The average molecular weight is 232 g/mol. The van der Waals surface area contributed by atoms with Crippen LogP contribution in [0.3, 0.4) is 0 Å². The summed E-state index contributed by atoms with van der Waals surface area (Å²) >= 11 is 0. The Bertz CT molecular complexity index is 196. The summed E-state index contributed by atoms with van der Waals surface area (Å²) in [5, 5.41) is 12.6. The molecule has 0 aromatic rings. The average Bonchev–Trinajstić information content (AvgIpc) is 2.24. The normalized spacial score (nSPS) is 14.5. The minimum absolute atomic E-state index is 0.0360. The van der Waals surface area contributed by atoms with Crippen LogP contribution in [0, 0.1) is 0 Å². The highest BCUT2D eigenvalue weighted by atomic mass is 16.5. The van der Waals surface area contributed by atoms with Gasteiger partial charge in [-0.2, -0.15) is 0 Å². The quantitative estimate of drug-likeness (QED) is 0.489. The van der Waals surface area contributed by atoms with E-state index in [9.17, 15) is 9.90 Å². The van der Waals surface area contributed by atoms with Crippen molar-refractivity contribution in [2.75, 3.05) is 26.8 Å². The number of carbonyl (C=O) groups is 1. The maximum Gasteiger partial charge on any atom is 0.220 e. The monoisotopic (exact) mass is 232 g/mol. The Morgan fingerprint density at radius 3 is 2.75 bits per heavy atom. The second-order valence-electron chi connectivity index (χ2n) is 4.26. The van der Waals surface area contributed by atoms with Crippen LogP contribution in [0.15, 0.2) is 0 Å². The first-order chi connectivity index (χ1) is 7.52. The van der Waals surface area contributed by atoms with Crippen molar-refractivity contribution in [2.45, 2.75) is 38.2 Å². The van der Waals surface area contributed by atoms with Gasteiger partial charge in [0.2, 0.25) is 5.91 Å². The molecule has 4 N–H and O–H groups in total. The zero-order valence-corrected chi connectivity index (χ0v) is 10.3. The van der Waals surface area contributed by atoms with Crippen molar-refractivity contribution in [3.63, 3.8) is 0 Å². The molecule has 0 saturated carbocycles. The number of unbranched alkanes of at least 4 members (excludes halogenated alkanes) is 1. The molecule has 96 valence electrons. The zero-order valence-electron chi connectivity index (χ0n) is 10.3. The molecular weight excluding hydrogens is 208 g/mol. The topological polar surface area (TPSA) is 84.6 Å². The molecule has 1 atom stereocenters. The van der Waals surface area contributed by atoms with E-state index in [0.29, 0.717) is 26.0 Å². The molecule has 0 rings (SSSR count). The van der Waals surface area contributed by atoms with Crippen LogP contribution in [-0.2, 0) is 9.53 Å². The fourth-order valence-electron chi connectivity index (χ4n) is 1.22. The van der Waals surface area contributed by atoms with Gasteiger partial charge in [-0.3, -0.25) is 4.79 Å². The SMILES string of the molecule is COCCC(C)(O)CNC(=O)CCCCN. The van der Waals surface area contributed by atoms with Crippen LogP contribution < -0.4 is 11.1 Å². The van der Waals surface area contributed by atoms with Crippen LogP contribution in [0.1, 0.15) is 32.6 Å². The van der Waals surface area contributed by atoms with Crippen LogP contribution in [0.5, 0.6) is 0 Å². The molecule has 0 spiro atoms. The number of hydrogen-bond donors (Lipinski definition) is 3. The van der Waals surface area contributed by atoms with Gasteiger partial charge in [0.15, 0.2) is 0 Å². The summed E-state index contributed by atoms with van der Waals surface area (Å²) in [6.07, 6.45) is 2.63. The second-order valence-corrected chi connectivity index (χ2v) is 4.26. The Balaban J connectivity index is 3.64. The molecule has 0 radical (unpaired) electrons. The maximum atomic E-state index is 11.3. The van der Waals surface area contributed by atoms with Crippen molar-refractivity contribution in [3.05, 3.63) is 0 Å². The molecule has 0 aliphatic rings. The highest BCUT2D eigenvalue weighted by Gasteiger charge is 2.20. The smallest absolute Gasteiger partial charge is 0.220 e. The van der Waals surface area contributed by atoms with E-state index in [1.54, 1.807) is 14.0 Å². The lowest BCUT2D eigenvalue weighted by Gasteiger charge is -2.23. The van der Waals surface area contributed by atoms with Gasteiger partial charge in [-0.25, -0.2) is 0 Å². The Labute approximate surface area is 97.3 Å². The zero-order chi connectivity index (χ0) is 12.4. The van der Waals surface area contributed by atoms with E-state index in [-0.39, 0.29) is 12.5 Å². The lowest BCUT2D eigenvalue weighted by Crippen LogP contribution is -2.41. The number of nitrogens with two attached hydrogens (primary N) is 1. The molecule has 0 fully saturated rings. The summed E-state index contributed by atoms with van der Waals surface area (Å²) in [4.78, 5) is 11.3. The number of nitrogens with one attached hydrogen (secondary N) is 1. The molecule has 0 aliphatic carbocycles. The summed E-state index contributed by atoms with van der Waals surface area (Å²) in [6.45, 7) is 3.04. The van der Waals surface area contributed by atoms with Gasteiger partial charge in [0, 0.05) is 33.1 Å². The van der Waals surface area contributed by atoms with E-state index in [1.807, 2.05) is 0 Å². The third-order valence-electron chi connectivity index (χ3n) is 2.37. The van der Waals surface area contributed by atoms with E-state index < -0.39 is 5.60 Å². The van der Waals surface area contributed by atoms with E-state index in [1.165, 1.54) is 0 Å². The first kappa shape index (κ1) is 15.3. The highest BCUT2D eigenvalue weighted by Crippen LogP contribution is 2.07. The Kier molecular flexibility index (Phi) is 8.15. The first-order valence-electron chi connectivity index (χ1n) is 5.70. The minimum atomic E-state index is -0.903. The molecule has 16 heavy (non-hydrogen) atoms. The van der Waals surface area contributed by atoms with E-state index in [0.717, 1.165) is 12.8 Å². The van der Waals surface area contributed by atoms with Gasteiger partial charge >= 0.3 is 0 Å². The summed E-state index contributed by atoms with van der Waals surface area (Å²) in [5.41, 5.74) is 4.42. The Hall–Kier alpha value is -0.650. The van der Waals surface area contributed by atoms with Crippen molar-refractivity contribution >= 4 is 5.91 Å². The fraction of sp³-hybridized carbons (Fsp3) is 0.909. The molecule has 1 amide bonds. The van der Waals surface area contributed by atoms with Gasteiger partial charge in [-0.15, -0.1) is 0 Å². The van der Waals surface area contributed by atoms with Gasteiger partial charge in [0.25, 0.3) is 0 Å². The van der Waals surface area contributed by atoms with E-state index >= 15 is 0 Å². The number of hydrogen-bond acceptors (Lipinski definition) is 4. The van der Waals surface area contributed by atoms with E-state index in [4.69, 9.17) is 10.5 Å². The standard InChI is InChI=1S/C11H24N2O3/c1-11(15,6-8-16-2)9-13-10(14)5-3-4-7-12/h15H,3-9,12H2,1-2H3,(H,13,14). The number of amides is 1. The molecule has 0 bridgehead atoms. The highest BCUT2D eigenvalue weighted by molar-refractivity contribution is 5.75. The van der Waals surface area contributed by atoms with Crippen LogP contribution in [0.2, 0.25) is 0 Å². The molecule has 1 unspecified atom stereocenters. The number of carbonyl (C=O) groups excluding carboxylic acids is 1. The summed E-state index contributed by atoms with van der Waals surface area (Å²) in [6, 6.07) is 0. The van der Waals surface area contributed by atoms with Gasteiger partial charge in [0.1, 0.15) is 0 Å². The second kappa shape index (κ2) is 8.50. The van der Waals surface area contributed by atoms with Crippen molar-refractivity contribution in [1.82, 2.24) is 5.32 Å². The lowest BCUT2D eigenvalue weighted by molar-refractivity contribution is -0.122. The van der Waals surface area contributed by atoms with E-state index in [2.05, 4.69) is 5.32 Å². The number of methoxy groups -OCH3 is 1. The summed E-state index contributed by atoms with van der Waals surface area (Å²) in [7, 11) is 1.58. The lowest BCUT2D eigenvalue weighted by atomic mass is 10.0. The van der Waals surface area contributed by atoms with Gasteiger partial charge in [0.05, 0.1) is 5.60 Å². The molecular formula is C11H24N2O3. The van der Waals surface area contributed by atoms with Crippen molar-refractivity contribution in [3.8, 4) is 0 Å². The van der Waals surface area contributed by atoms with Crippen molar-refractivity contribution in [1.29, 1.82) is 0 Å². The van der Waals surface area contributed by atoms with Crippen LogP contribution in [0.25, 0.3) is 0 Å². The molecule has 0 heterocycles. The predicted molar refractivity (Wildman–Crippen MR) is 63.0 cm³/mol. The van der Waals surface area contributed by atoms with Crippen molar-refractivity contribution < 1.29 is 14.6 Å². The van der Waals surface area contributed by atoms with Crippen LogP contribution >= 0.6 is 0 Å². The Morgan fingerprint density at radius 1 is 1.50 bits per heavy atom. The summed E-state index contributed by atoms with van der Waals surface area (Å²) < 4.78 is 4.88. The Morgan fingerprint density at radius 2 is 2.19 bits per heavy atom. The minimum Gasteiger partial charge on any atom is -0.388 e. The predicted octanol–water partition coefficient (Wildman–Crippen LogP) is 0.0191. The molecule has 0 saturated heterocycles. The van der Waals surface area contributed by atoms with Crippen LogP contribution in [0.4, 0.5) is 0 Å². The molecule has 5 nitrogen and oxygen atoms in total. The molecule has 0 aromatic carbocycles. The van der Waals surface area contributed by atoms with Crippen LogP contribution in [-0.4, -0.2) is 43.4 Å². The van der Waals surface area contributed by atoms with Gasteiger partial charge < -0.3 is 20.9 Å². The maximum absolute atomic E-state index is 11.3. The number of rotatable bonds is 9. The first-order valence-corrected chi connectivity index (χ1v) is 5.70.